The predicted molar refractivity (Wildman–Crippen MR) is 69.6 cm³/mol. The number of nitro benzene ring substituents is 1. The molecule has 100 valence electrons. The van der Waals surface area contributed by atoms with Gasteiger partial charge in [0.1, 0.15) is 0 Å². The summed E-state index contributed by atoms with van der Waals surface area (Å²) in [5.74, 6) is 0. The lowest BCUT2D eigenvalue weighted by molar-refractivity contribution is -0.385. The standard InChI is InChI=1S/C12H12N2O4S/c1-9-6-10(2)13(8-9)19(17,18)12-5-3-4-11(7-12)14(15)16/h3-8H,1-2H3. The van der Waals surface area contributed by atoms with Crippen LogP contribution in [0.5, 0.6) is 0 Å². The Hall–Kier alpha value is -2.15. The van der Waals surface area contributed by atoms with Crippen LogP contribution in [0, 0.1) is 24.0 Å². The van der Waals surface area contributed by atoms with Crippen molar-refractivity contribution in [2.45, 2.75) is 18.7 Å². The first kappa shape index (κ1) is 13.3. The maximum absolute atomic E-state index is 12.4. The van der Waals surface area contributed by atoms with E-state index in [-0.39, 0.29) is 10.6 Å². The van der Waals surface area contributed by atoms with E-state index in [1.807, 2.05) is 0 Å². The molecule has 0 radical (unpaired) electrons. The molecule has 1 aromatic heterocycles. The highest BCUT2D eigenvalue weighted by Gasteiger charge is 2.21. The van der Waals surface area contributed by atoms with Crippen molar-refractivity contribution in [3.05, 3.63) is 57.9 Å². The lowest BCUT2D eigenvalue weighted by atomic mass is 10.3. The van der Waals surface area contributed by atoms with Crippen LogP contribution in [-0.2, 0) is 10.0 Å². The maximum atomic E-state index is 12.4. The predicted octanol–water partition coefficient (Wildman–Crippen LogP) is 2.25. The molecule has 0 aliphatic rings. The van der Waals surface area contributed by atoms with Gasteiger partial charge in [-0.3, -0.25) is 10.1 Å². The van der Waals surface area contributed by atoms with E-state index in [9.17, 15) is 18.5 Å². The van der Waals surface area contributed by atoms with Crippen LogP contribution in [0.15, 0.2) is 41.4 Å². The average Bonchev–Trinajstić information content (AvgIpc) is 2.69. The Kier molecular flexibility index (Phi) is 3.15. The van der Waals surface area contributed by atoms with Crippen LogP contribution in [-0.4, -0.2) is 17.3 Å². The van der Waals surface area contributed by atoms with Crippen LogP contribution in [0.3, 0.4) is 0 Å². The second kappa shape index (κ2) is 4.51. The first-order valence-corrected chi connectivity index (χ1v) is 6.92. The zero-order valence-electron chi connectivity index (χ0n) is 10.4. The maximum Gasteiger partial charge on any atom is 0.270 e. The van der Waals surface area contributed by atoms with Gasteiger partial charge < -0.3 is 0 Å². The largest absolute Gasteiger partial charge is 0.270 e. The first-order chi connectivity index (χ1) is 8.82. The van der Waals surface area contributed by atoms with Crippen molar-refractivity contribution < 1.29 is 13.3 Å². The zero-order chi connectivity index (χ0) is 14.2. The van der Waals surface area contributed by atoms with Crippen LogP contribution in [0.1, 0.15) is 11.3 Å². The molecule has 7 heteroatoms. The minimum atomic E-state index is -3.79. The quantitative estimate of drug-likeness (QED) is 0.637. The Balaban J connectivity index is 2.60. The summed E-state index contributed by atoms with van der Waals surface area (Å²) < 4.78 is 25.9. The number of nitro groups is 1. The van der Waals surface area contributed by atoms with Crippen LogP contribution in [0.2, 0.25) is 0 Å². The van der Waals surface area contributed by atoms with Gasteiger partial charge in [-0.2, -0.15) is 0 Å². The third-order valence-corrected chi connectivity index (χ3v) is 4.45. The molecule has 0 fully saturated rings. The van der Waals surface area contributed by atoms with Crippen LogP contribution < -0.4 is 0 Å². The topological polar surface area (TPSA) is 82.2 Å². The van der Waals surface area contributed by atoms with E-state index in [0.29, 0.717) is 5.69 Å². The smallest absolute Gasteiger partial charge is 0.258 e. The number of aromatic nitrogens is 1. The van der Waals surface area contributed by atoms with Crippen molar-refractivity contribution in [1.82, 2.24) is 3.97 Å². The SMILES string of the molecule is Cc1cc(C)n(S(=O)(=O)c2cccc([N+](=O)[O-])c2)c1. The lowest BCUT2D eigenvalue weighted by Gasteiger charge is -2.07. The molecule has 6 nitrogen and oxygen atoms in total. The monoisotopic (exact) mass is 280 g/mol. The highest BCUT2D eigenvalue weighted by molar-refractivity contribution is 7.90. The summed E-state index contributed by atoms with van der Waals surface area (Å²) in [6.07, 6.45) is 1.49. The molecule has 0 aliphatic heterocycles. The van der Waals surface area contributed by atoms with Crippen molar-refractivity contribution in [3.8, 4) is 0 Å². The van der Waals surface area contributed by atoms with E-state index < -0.39 is 14.9 Å². The van der Waals surface area contributed by atoms with Gasteiger partial charge in [-0.25, -0.2) is 12.4 Å². The minimum absolute atomic E-state index is 0.0969. The van der Waals surface area contributed by atoms with E-state index in [0.717, 1.165) is 15.6 Å². The fraction of sp³-hybridized carbons (Fsp3) is 0.167. The minimum Gasteiger partial charge on any atom is -0.258 e. The highest BCUT2D eigenvalue weighted by Crippen LogP contribution is 2.21. The average molecular weight is 280 g/mol. The van der Waals surface area contributed by atoms with Gasteiger partial charge in [0.15, 0.2) is 0 Å². The van der Waals surface area contributed by atoms with Gasteiger partial charge >= 0.3 is 0 Å². The summed E-state index contributed by atoms with van der Waals surface area (Å²) >= 11 is 0. The van der Waals surface area contributed by atoms with E-state index in [4.69, 9.17) is 0 Å². The van der Waals surface area contributed by atoms with Gasteiger partial charge in [-0.15, -0.1) is 0 Å². The molecule has 0 saturated heterocycles. The van der Waals surface area contributed by atoms with Crippen LogP contribution in [0.25, 0.3) is 0 Å². The molecule has 0 amide bonds. The number of hydrogen-bond donors (Lipinski definition) is 0. The van der Waals surface area contributed by atoms with Gasteiger partial charge in [0, 0.05) is 24.0 Å². The fourth-order valence-electron chi connectivity index (χ4n) is 1.85. The van der Waals surface area contributed by atoms with Crippen molar-refractivity contribution in [3.63, 3.8) is 0 Å². The van der Waals surface area contributed by atoms with Gasteiger partial charge in [0.05, 0.1) is 9.82 Å². The number of rotatable bonds is 3. The van der Waals surface area contributed by atoms with Crippen LogP contribution in [0.4, 0.5) is 5.69 Å². The molecule has 19 heavy (non-hydrogen) atoms. The van der Waals surface area contributed by atoms with Crippen molar-refractivity contribution in [1.29, 1.82) is 0 Å². The molecule has 0 spiro atoms. The van der Waals surface area contributed by atoms with Crippen molar-refractivity contribution in [2.75, 3.05) is 0 Å². The molecule has 2 rings (SSSR count). The van der Waals surface area contributed by atoms with E-state index in [1.165, 1.54) is 24.4 Å². The molecule has 2 aromatic rings. The number of non-ortho nitro benzene ring substituents is 1. The molecule has 1 aromatic carbocycles. The fourth-order valence-corrected chi connectivity index (χ4v) is 3.33. The van der Waals surface area contributed by atoms with E-state index in [1.54, 1.807) is 19.9 Å². The summed E-state index contributed by atoms with van der Waals surface area (Å²) in [4.78, 5) is 9.98. The second-order valence-corrected chi connectivity index (χ2v) is 6.03. The number of aryl methyl sites for hydroxylation is 2. The molecule has 0 aliphatic carbocycles. The molecule has 0 bridgehead atoms. The Morgan fingerprint density at radius 3 is 2.42 bits per heavy atom. The first-order valence-electron chi connectivity index (χ1n) is 5.48. The normalized spacial score (nSPS) is 11.5. The Morgan fingerprint density at radius 2 is 1.89 bits per heavy atom. The molecule has 1 heterocycles. The second-order valence-electron chi connectivity index (χ2n) is 4.21. The van der Waals surface area contributed by atoms with Crippen molar-refractivity contribution >= 4 is 15.7 Å². The molecular weight excluding hydrogens is 268 g/mol. The number of benzene rings is 1. The summed E-state index contributed by atoms with van der Waals surface area (Å²) in [7, 11) is -3.79. The lowest BCUT2D eigenvalue weighted by Crippen LogP contribution is -2.13. The van der Waals surface area contributed by atoms with Crippen molar-refractivity contribution in [2.24, 2.45) is 0 Å². The Bertz CT molecular complexity index is 747. The summed E-state index contributed by atoms with van der Waals surface area (Å²) in [5.41, 5.74) is 1.12. The summed E-state index contributed by atoms with van der Waals surface area (Å²) in [6.45, 7) is 3.45. The number of nitrogens with zero attached hydrogens (tertiary/aromatic N) is 2. The Morgan fingerprint density at radius 1 is 1.21 bits per heavy atom. The number of hydrogen-bond acceptors (Lipinski definition) is 4. The molecule has 0 unspecified atom stereocenters. The summed E-state index contributed by atoms with van der Waals surface area (Å²) in [6, 6.07) is 6.75. The van der Waals surface area contributed by atoms with Gasteiger partial charge in [0.25, 0.3) is 15.7 Å². The molecular formula is C12H12N2O4S. The van der Waals surface area contributed by atoms with Gasteiger partial charge in [-0.1, -0.05) is 6.07 Å². The van der Waals surface area contributed by atoms with E-state index in [2.05, 4.69) is 0 Å². The summed E-state index contributed by atoms with van der Waals surface area (Å²) in [5, 5.41) is 10.7. The molecule has 0 saturated carbocycles. The molecule has 0 atom stereocenters. The van der Waals surface area contributed by atoms with E-state index >= 15 is 0 Å². The third-order valence-electron chi connectivity index (χ3n) is 2.69. The zero-order valence-corrected chi connectivity index (χ0v) is 11.2. The molecule has 0 N–H and O–H groups in total. The van der Waals surface area contributed by atoms with Crippen LogP contribution >= 0.6 is 0 Å². The third kappa shape index (κ3) is 2.37. The highest BCUT2D eigenvalue weighted by atomic mass is 32.2. The van der Waals surface area contributed by atoms with Gasteiger partial charge in [0.2, 0.25) is 0 Å². The van der Waals surface area contributed by atoms with Gasteiger partial charge in [-0.05, 0) is 31.5 Å². The Labute approximate surface area is 110 Å².